The number of benzene rings is 2. The number of nitrogens with zero attached hydrogens (tertiary/aromatic N) is 1. The van der Waals surface area contributed by atoms with Gasteiger partial charge in [0, 0.05) is 42.3 Å². The van der Waals surface area contributed by atoms with Gasteiger partial charge in [-0.3, -0.25) is 4.79 Å². The largest absolute Gasteiger partial charge is 0.372 e. The molecule has 0 atom stereocenters. The smallest absolute Gasteiger partial charge is 0.251 e. The SMILES string of the molecule is O=C(NCc1ccc(N2CCCC2)cc1)c1ccc(S(=O)(=O)NCCc2cccs2)cc1. The van der Waals surface area contributed by atoms with Crippen LogP contribution in [-0.4, -0.2) is 34.0 Å². The van der Waals surface area contributed by atoms with Gasteiger partial charge in [-0.1, -0.05) is 18.2 Å². The number of nitrogens with one attached hydrogen (secondary N) is 2. The minimum atomic E-state index is -3.60. The molecule has 0 spiro atoms. The minimum absolute atomic E-state index is 0.151. The molecule has 8 heteroatoms. The maximum Gasteiger partial charge on any atom is 0.251 e. The van der Waals surface area contributed by atoms with Crippen molar-refractivity contribution in [3.63, 3.8) is 0 Å². The third-order valence-electron chi connectivity index (χ3n) is 5.53. The Balaban J connectivity index is 1.28. The predicted octanol–water partition coefficient (Wildman–Crippen LogP) is 3.80. The van der Waals surface area contributed by atoms with Crippen LogP contribution in [0.3, 0.4) is 0 Å². The van der Waals surface area contributed by atoms with E-state index in [1.165, 1.54) is 30.7 Å². The molecule has 6 nitrogen and oxygen atoms in total. The average molecular weight is 470 g/mol. The van der Waals surface area contributed by atoms with Crippen molar-refractivity contribution in [2.24, 2.45) is 0 Å². The third-order valence-corrected chi connectivity index (χ3v) is 7.94. The molecular formula is C24H27N3O3S2. The van der Waals surface area contributed by atoms with Gasteiger partial charge in [0.2, 0.25) is 10.0 Å². The molecule has 1 saturated heterocycles. The van der Waals surface area contributed by atoms with Gasteiger partial charge in [-0.25, -0.2) is 13.1 Å². The van der Waals surface area contributed by atoms with Crippen LogP contribution in [0.4, 0.5) is 5.69 Å². The minimum Gasteiger partial charge on any atom is -0.372 e. The molecule has 0 aliphatic carbocycles. The van der Waals surface area contributed by atoms with Gasteiger partial charge in [0.25, 0.3) is 5.91 Å². The van der Waals surface area contributed by atoms with E-state index in [4.69, 9.17) is 0 Å². The highest BCUT2D eigenvalue weighted by Crippen LogP contribution is 2.20. The van der Waals surface area contributed by atoms with Crippen LogP contribution in [0, 0.1) is 0 Å². The average Bonchev–Trinajstić information content (AvgIpc) is 3.52. The monoisotopic (exact) mass is 469 g/mol. The second-order valence-electron chi connectivity index (χ2n) is 7.79. The molecule has 2 N–H and O–H groups in total. The summed E-state index contributed by atoms with van der Waals surface area (Å²) in [5.41, 5.74) is 2.67. The summed E-state index contributed by atoms with van der Waals surface area (Å²) in [6, 6.07) is 18.2. The molecule has 2 aromatic carbocycles. The van der Waals surface area contributed by atoms with E-state index >= 15 is 0 Å². The Morgan fingerprint density at radius 3 is 2.34 bits per heavy atom. The first-order valence-electron chi connectivity index (χ1n) is 10.8. The van der Waals surface area contributed by atoms with Crippen molar-refractivity contribution >= 4 is 33.0 Å². The number of hydrogen-bond acceptors (Lipinski definition) is 5. The topological polar surface area (TPSA) is 78.5 Å². The maximum absolute atomic E-state index is 12.5. The molecule has 0 saturated carbocycles. The fraction of sp³-hybridized carbons (Fsp3) is 0.292. The number of amides is 1. The fourth-order valence-electron chi connectivity index (χ4n) is 3.72. The first kappa shape index (κ1) is 22.5. The molecule has 4 rings (SSSR count). The normalized spacial score (nSPS) is 13.9. The van der Waals surface area contributed by atoms with Gasteiger partial charge in [-0.2, -0.15) is 0 Å². The predicted molar refractivity (Wildman–Crippen MR) is 129 cm³/mol. The summed E-state index contributed by atoms with van der Waals surface area (Å²) < 4.78 is 27.5. The van der Waals surface area contributed by atoms with E-state index in [9.17, 15) is 13.2 Å². The van der Waals surface area contributed by atoms with Crippen molar-refractivity contribution in [3.8, 4) is 0 Å². The Hall–Kier alpha value is -2.68. The van der Waals surface area contributed by atoms with E-state index < -0.39 is 10.0 Å². The summed E-state index contributed by atoms with van der Waals surface area (Å²) in [4.78, 5) is 16.1. The molecular weight excluding hydrogens is 442 g/mol. The number of anilines is 1. The van der Waals surface area contributed by atoms with E-state index in [0.717, 1.165) is 23.5 Å². The van der Waals surface area contributed by atoms with Crippen LogP contribution in [0.5, 0.6) is 0 Å². The number of hydrogen-bond donors (Lipinski definition) is 2. The van der Waals surface area contributed by atoms with Crippen LogP contribution in [0.2, 0.25) is 0 Å². The molecule has 1 aromatic heterocycles. The molecule has 2 heterocycles. The van der Waals surface area contributed by atoms with Crippen LogP contribution < -0.4 is 14.9 Å². The third kappa shape index (κ3) is 5.76. The number of rotatable bonds is 9. The zero-order valence-electron chi connectivity index (χ0n) is 17.8. The quantitative estimate of drug-likeness (QED) is 0.500. The Morgan fingerprint density at radius 2 is 1.69 bits per heavy atom. The lowest BCUT2D eigenvalue weighted by Gasteiger charge is -2.17. The molecule has 168 valence electrons. The molecule has 32 heavy (non-hydrogen) atoms. The van der Waals surface area contributed by atoms with E-state index in [2.05, 4.69) is 27.1 Å². The Bertz CT molecular complexity index is 1120. The van der Waals surface area contributed by atoms with Gasteiger partial charge >= 0.3 is 0 Å². The van der Waals surface area contributed by atoms with Crippen LogP contribution in [0.1, 0.15) is 33.6 Å². The van der Waals surface area contributed by atoms with E-state index in [1.807, 2.05) is 29.6 Å². The zero-order chi connectivity index (χ0) is 22.4. The van der Waals surface area contributed by atoms with Crippen molar-refractivity contribution in [1.82, 2.24) is 10.0 Å². The first-order chi connectivity index (χ1) is 15.5. The molecule has 1 aliphatic heterocycles. The van der Waals surface area contributed by atoms with Crippen LogP contribution >= 0.6 is 11.3 Å². The van der Waals surface area contributed by atoms with E-state index in [1.54, 1.807) is 23.5 Å². The van der Waals surface area contributed by atoms with Gasteiger partial charge in [-0.15, -0.1) is 11.3 Å². The summed E-state index contributed by atoms with van der Waals surface area (Å²) in [5.74, 6) is -0.233. The van der Waals surface area contributed by atoms with Crippen molar-refractivity contribution in [1.29, 1.82) is 0 Å². The lowest BCUT2D eigenvalue weighted by molar-refractivity contribution is 0.0951. The van der Waals surface area contributed by atoms with E-state index in [0.29, 0.717) is 25.1 Å². The molecule has 0 unspecified atom stereocenters. The highest BCUT2D eigenvalue weighted by atomic mass is 32.2. The molecule has 1 aliphatic rings. The molecule has 0 radical (unpaired) electrons. The number of thiophene rings is 1. The van der Waals surface area contributed by atoms with Crippen molar-refractivity contribution in [2.75, 3.05) is 24.5 Å². The summed E-state index contributed by atoms with van der Waals surface area (Å²) >= 11 is 1.60. The van der Waals surface area contributed by atoms with Gasteiger partial charge < -0.3 is 10.2 Å². The number of carbonyl (C=O) groups is 1. The lowest BCUT2D eigenvalue weighted by atomic mass is 10.1. The number of carbonyl (C=O) groups excluding carboxylic acids is 1. The second-order valence-corrected chi connectivity index (χ2v) is 10.6. The van der Waals surface area contributed by atoms with Crippen molar-refractivity contribution < 1.29 is 13.2 Å². The highest BCUT2D eigenvalue weighted by Gasteiger charge is 2.15. The van der Waals surface area contributed by atoms with Gasteiger partial charge in [-0.05, 0) is 72.7 Å². The Morgan fingerprint density at radius 1 is 0.969 bits per heavy atom. The molecule has 1 fully saturated rings. The number of sulfonamides is 1. The van der Waals surface area contributed by atoms with Gasteiger partial charge in [0.05, 0.1) is 4.90 Å². The summed E-state index contributed by atoms with van der Waals surface area (Å²) in [6.45, 7) is 2.96. The highest BCUT2D eigenvalue weighted by molar-refractivity contribution is 7.89. The molecule has 1 amide bonds. The summed E-state index contributed by atoms with van der Waals surface area (Å²) in [6.07, 6.45) is 3.13. The Labute approximate surface area is 193 Å². The zero-order valence-corrected chi connectivity index (χ0v) is 19.4. The van der Waals surface area contributed by atoms with Crippen LogP contribution in [-0.2, 0) is 23.0 Å². The van der Waals surface area contributed by atoms with E-state index in [-0.39, 0.29) is 10.8 Å². The maximum atomic E-state index is 12.5. The summed E-state index contributed by atoms with van der Waals surface area (Å²) in [7, 11) is -3.60. The first-order valence-corrected chi connectivity index (χ1v) is 13.1. The van der Waals surface area contributed by atoms with Gasteiger partial charge in [0.1, 0.15) is 0 Å². The second kappa shape index (κ2) is 10.3. The fourth-order valence-corrected chi connectivity index (χ4v) is 5.46. The Kier molecular flexibility index (Phi) is 7.24. The van der Waals surface area contributed by atoms with Crippen LogP contribution in [0.25, 0.3) is 0 Å². The van der Waals surface area contributed by atoms with Crippen molar-refractivity contribution in [3.05, 3.63) is 82.0 Å². The van der Waals surface area contributed by atoms with Crippen molar-refractivity contribution in [2.45, 2.75) is 30.7 Å². The van der Waals surface area contributed by atoms with Gasteiger partial charge in [0.15, 0.2) is 0 Å². The molecule has 3 aromatic rings. The standard InChI is InChI=1S/C24H27N3O3S2/c28-24(25-18-19-5-9-21(10-6-19)27-15-1-2-16-27)20-7-11-23(12-8-20)32(29,30)26-14-13-22-4-3-17-31-22/h3-12,17,26H,1-2,13-16,18H2,(H,25,28). The van der Waals surface area contributed by atoms with Crippen LogP contribution in [0.15, 0.2) is 70.9 Å². The lowest BCUT2D eigenvalue weighted by Crippen LogP contribution is -2.26. The summed E-state index contributed by atoms with van der Waals surface area (Å²) in [5, 5.41) is 4.87. The molecule has 0 bridgehead atoms.